The number of likely N-dealkylation sites (tertiary alicyclic amines) is 1. The third-order valence-electron chi connectivity index (χ3n) is 3.69. The van der Waals surface area contributed by atoms with Crippen LogP contribution < -0.4 is 5.32 Å². The second kappa shape index (κ2) is 7.31. The Balaban J connectivity index is 1.51. The number of β-amino-alcohol motifs (C(OH)–C–C–N with tert-alkyl or cyclic N) is 1. The molecule has 2 unspecified atom stereocenters. The molecule has 0 spiro atoms. The van der Waals surface area contributed by atoms with E-state index in [-0.39, 0.29) is 6.10 Å². The Hall–Kier alpha value is -0.160. The summed E-state index contributed by atoms with van der Waals surface area (Å²) in [5.41, 5.74) is 0. The van der Waals surface area contributed by atoms with E-state index in [4.69, 9.17) is 4.74 Å². The lowest BCUT2D eigenvalue weighted by atomic mass is 10.1. The first-order valence-corrected chi connectivity index (χ1v) is 7.07. The highest BCUT2D eigenvalue weighted by Crippen LogP contribution is 2.11. The van der Waals surface area contributed by atoms with Gasteiger partial charge in [0.25, 0.3) is 0 Å². The minimum Gasteiger partial charge on any atom is -0.390 e. The van der Waals surface area contributed by atoms with Crippen LogP contribution in [0.25, 0.3) is 0 Å². The second-order valence-electron chi connectivity index (χ2n) is 5.31. The zero-order valence-corrected chi connectivity index (χ0v) is 10.7. The van der Waals surface area contributed by atoms with Crippen molar-refractivity contribution in [2.45, 2.75) is 44.3 Å². The first-order valence-electron chi connectivity index (χ1n) is 7.07. The highest BCUT2D eigenvalue weighted by Gasteiger charge is 2.17. The molecule has 0 saturated carbocycles. The van der Waals surface area contributed by atoms with Crippen molar-refractivity contribution >= 4 is 0 Å². The van der Waals surface area contributed by atoms with Crippen LogP contribution in [0, 0.1) is 0 Å². The molecule has 2 aliphatic heterocycles. The molecule has 0 aliphatic carbocycles. The molecule has 2 atom stereocenters. The Morgan fingerprint density at radius 1 is 1.24 bits per heavy atom. The normalized spacial score (nSPS) is 28.4. The fourth-order valence-corrected chi connectivity index (χ4v) is 2.71. The second-order valence-corrected chi connectivity index (χ2v) is 5.31. The van der Waals surface area contributed by atoms with Crippen LogP contribution in [0.1, 0.15) is 32.1 Å². The van der Waals surface area contributed by atoms with Gasteiger partial charge in [0.05, 0.1) is 12.2 Å². The summed E-state index contributed by atoms with van der Waals surface area (Å²) >= 11 is 0. The molecule has 2 rings (SSSR count). The van der Waals surface area contributed by atoms with Gasteiger partial charge in [0.1, 0.15) is 0 Å². The molecular weight excluding hydrogens is 216 g/mol. The summed E-state index contributed by atoms with van der Waals surface area (Å²) < 4.78 is 5.64. The van der Waals surface area contributed by atoms with Crippen molar-refractivity contribution in [2.75, 3.05) is 39.3 Å². The lowest BCUT2D eigenvalue weighted by Gasteiger charge is -2.24. The minimum atomic E-state index is -0.239. The zero-order valence-electron chi connectivity index (χ0n) is 10.7. The Morgan fingerprint density at radius 3 is 2.76 bits per heavy atom. The van der Waals surface area contributed by atoms with Crippen LogP contribution in [0.3, 0.4) is 0 Å². The van der Waals surface area contributed by atoms with Crippen molar-refractivity contribution in [3.05, 3.63) is 0 Å². The smallest absolute Gasteiger partial charge is 0.0791 e. The maximum Gasteiger partial charge on any atom is 0.0791 e. The predicted octanol–water partition coefficient (Wildman–Crippen LogP) is 0.602. The molecule has 100 valence electrons. The molecule has 4 nitrogen and oxygen atoms in total. The van der Waals surface area contributed by atoms with Gasteiger partial charge in [-0.2, -0.15) is 0 Å². The third kappa shape index (κ3) is 4.92. The number of aliphatic hydroxyl groups is 1. The van der Waals surface area contributed by atoms with Crippen molar-refractivity contribution in [3.8, 4) is 0 Å². The van der Waals surface area contributed by atoms with E-state index in [1.165, 1.54) is 25.7 Å². The van der Waals surface area contributed by atoms with Gasteiger partial charge in [-0.1, -0.05) is 0 Å². The van der Waals surface area contributed by atoms with Crippen molar-refractivity contribution in [1.29, 1.82) is 0 Å². The number of hydrogen-bond donors (Lipinski definition) is 2. The quantitative estimate of drug-likeness (QED) is 0.716. The molecule has 0 aromatic carbocycles. The van der Waals surface area contributed by atoms with Gasteiger partial charge in [-0.3, -0.25) is 0 Å². The van der Waals surface area contributed by atoms with Crippen LogP contribution in [0.4, 0.5) is 0 Å². The Bertz CT molecular complexity index is 202. The topological polar surface area (TPSA) is 44.7 Å². The Kier molecular flexibility index (Phi) is 5.71. The number of aliphatic hydroxyl groups excluding tert-OH is 1. The van der Waals surface area contributed by atoms with E-state index >= 15 is 0 Å². The van der Waals surface area contributed by atoms with Gasteiger partial charge in [-0.05, 0) is 45.2 Å². The third-order valence-corrected chi connectivity index (χ3v) is 3.69. The monoisotopic (exact) mass is 242 g/mol. The molecule has 0 radical (unpaired) electrons. The molecule has 17 heavy (non-hydrogen) atoms. The molecule has 2 saturated heterocycles. The van der Waals surface area contributed by atoms with E-state index in [1.54, 1.807) is 0 Å². The zero-order chi connectivity index (χ0) is 11.9. The maximum atomic E-state index is 9.89. The summed E-state index contributed by atoms with van der Waals surface area (Å²) in [7, 11) is 0. The number of ether oxygens (including phenoxy) is 1. The largest absolute Gasteiger partial charge is 0.390 e. The van der Waals surface area contributed by atoms with Gasteiger partial charge in [0.2, 0.25) is 0 Å². The lowest BCUT2D eigenvalue weighted by molar-refractivity contribution is 0.0146. The van der Waals surface area contributed by atoms with Crippen LogP contribution in [0.2, 0.25) is 0 Å². The van der Waals surface area contributed by atoms with E-state index in [1.807, 2.05) is 0 Å². The SMILES string of the molecule is OC(CNCC1CCCCO1)CN1CCCC1. The average Bonchev–Trinajstić information content (AvgIpc) is 2.83. The predicted molar refractivity (Wildman–Crippen MR) is 68.1 cm³/mol. The lowest BCUT2D eigenvalue weighted by Crippen LogP contribution is -2.40. The van der Waals surface area contributed by atoms with Gasteiger partial charge < -0.3 is 20.1 Å². The van der Waals surface area contributed by atoms with Gasteiger partial charge >= 0.3 is 0 Å². The minimum absolute atomic E-state index is 0.239. The number of hydrogen-bond acceptors (Lipinski definition) is 4. The number of nitrogens with zero attached hydrogens (tertiary/aromatic N) is 1. The van der Waals surface area contributed by atoms with Crippen LogP contribution in [0.5, 0.6) is 0 Å². The van der Waals surface area contributed by atoms with E-state index in [2.05, 4.69) is 10.2 Å². The highest BCUT2D eigenvalue weighted by molar-refractivity contribution is 4.73. The van der Waals surface area contributed by atoms with Crippen LogP contribution >= 0.6 is 0 Å². The first-order chi connectivity index (χ1) is 8.34. The standard InChI is InChI=1S/C13H26N2O2/c16-12(11-15-6-2-3-7-15)9-14-10-13-5-1-4-8-17-13/h12-14,16H,1-11H2. The first kappa shape index (κ1) is 13.3. The summed E-state index contributed by atoms with van der Waals surface area (Å²) in [5.74, 6) is 0. The Labute approximate surface area is 104 Å². The molecule has 2 N–H and O–H groups in total. The average molecular weight is 242 g/mol. The molecule has 0 aromatic rings. The molecule has 0 amide bonds. The van der Waals surface area contributed by atoms with E-state index in [0.29, 0.717) is 12.6 Å². The molecule has 0 aromatic heterocycles. The summed E-state index contributed by atoms with van der Waals surface area (Å²) in [6.45, 7) is 5.61. The maximum absolute atomic E-state index is 9.89. The Morgan fingerprint density at radius 2 is 2.06 bits per heavy atom. The number of rotatable bonds is 6. The summed E-state index contributed by atoms with van der Waals surface area (Å²) in [4.78, 5) is 2.35. The summed E-state index contributed by atoms with van der Waals surface area (Å²) in [6, 6.07) is 0. The van der Waals surface area contributed by atoms with Crippen LogP contribution in [-0.4, -0.2) is 61.5 Å². The van der Waals surface area contributed by atoms with Crippen molar-refractivity contribution in [1.82, 2.24) is 10.2 Å². The van der Waals surface area contributed by atoms with Crippen molar-refractivity contribution in [3.63, 3.8) is 0 Å². The summed E-state index contributed by atoms with van der Waals surface area (Å²) in [6.07, 6.45) is 6.34. The van der Waals surface area contributed by atoms with Gasteiger partial charge in [0.15, 0.2) is 0 Å². The van der Waals surface area contributed by atoms with E-state index in [9.17, 15) is 5.11 Å². The van der Waals surface area contributed by atoms with E-state index in [0.717, 1.165) is 39.2 Å². The number of nitrogens with one attached hydrogen (secondary N) is 1. The molecule has 0 bridgehead atoms. The van der Waals surface area contributed by atoms with Crippen molar-refractivity contribution < 1.29 is 9.84 Å². The van der Waals surface area contributed by atoms with Gasteiger partial charge in [-0.25, -0.2) is 0 Å². The van der Waals surface area contributed by atoms with Crippen molar-refractivity contribution in [2.24, 2.45) is 0 Å². The van der Waals surface area contributed by atoms with E-state index < -0.39 is 0 Å². The van der Waals surface area contributed by atoms with Gasteiger partial charge in [-0.15, -0.1) is 0 Å². The van der Waals surface area contributed by atoms with Crippen LogP contribution in [-0.2, 0) is 4.74 Å². The van der Waals surface area contributed by atoms with Crippen LogP contribution in [0.15, 0.2) is 0 Å². The van der Waals surface area contributed by atoms with Gasteiger partial charge in [0, 0.05) is 26.2 Å². The fourth-order valence-electron chi connectivity index (χ4n) is 2.71. The molecule has 2 aliphatic rings. The molecule has 2 fully saturated rings. The molecule has 2 heterocycles. The molecule has 4 heteroatoms. The highest BCUT2D eigenvalue weighted by atomic mass is 16.5. The fraction of sp³-hybridized carbons (Fsp3) is 1.00. The summed E-state index contributed by atoms with van der Waals surface area (Å²) in [5, 5.41) is 13.2. The molecular formula is C13H26N2O2.